The van der Waals surface area contributed by atoms with Gasteiger partial charge in [-0.15, -0.1) is 0 Å². The Morgan fingerprint density at radius 2 is 2.00 bits per heavy atom. The first kappa shape index (κ1) is 12.8. The van der Waals surface area contributed by atoms with Crippen molar-refractivity contribution in [3.8, 4) is 5.75 Å². The summed E-state index contributed by atoms with van der Waals surface area (Å²) in [4.78, 5) is 0. The summed E-state index contributed by atoms with van der Waals surface area (Å²) in [6.07, 6.45) is 0. The van der Waals surface area contributed by atoms with Crippen LogP contribution in [0, 0.1) is 0 Å². The van der Waals surface area contributed by atoms with Crippen LogP contribution in [0.1, 0.15) is 26.3 Å². The lowest BCUT2D eigenvalue weighted by atomic mass is 9.85. The predicted molar refractivity (Wildman–Crippen MR) is 66.9 cm³/mol. The molecule has 1 aromatic carbocycles. The topological polar surface area (TPSA) is 29.5 Å². The van der Waals surface area contributed by atoms with Gasteiger partial charge in [0.1, 0.15) is 12.4 Å². The molecule has 2 nitrogen and oxygen atoms in total. The Balaban J connectivity index is 2.96. The molecule has 0 aliphatic rings. The average Bonchev–Trinajstić information content (AvgIpc) is 2.26. The molecular formula is C14H20O2. The highest BCUT2D eigenvalue weighted by molar-refractivity contribution is 5.39. The molecule has 0 saturated carbocycles. The van der Waals surface area contributed by atoms with E-state index >= 15 is 0 Å². The minimum absolute atomic E-state index is 0.0977. The van der Waals surface area contributed by atoms with Gasteiger partial charge in [0.15, 0.2) is 0 Å². The van der Waals surface area contributed by atoms with Gasteiger partial charge in [-0.1, -0.05) is 38.6 Å². The number of benzene rings is 1. The van der Waals surface area contributed by atoms with Crippen LogP contribution in [0.25, 0.3) is 0 Å². The SMILES string of the molecule is C=C(C)COc1ccccc1C(C)(C)CO. The molecule has 0 fully saturated rings. The van der Waals surface area contributed by atoms with E-state index in [-0.39, 0.29) is 12.0 Å². The summed E-state index contributed by atoms with van der Waals surface area (Å²) in [5.74, 6) is 0.824. The van der Waals surface area contributed by atoms with Gasteiger partial charge in [0.25, 0.3) is 0 Å². The van der Waals surface area contributed by atoms with Crippen molar-refractivity contribution >= 4 is 0 Å². The van der Waals surface area contributed by atoms with E-state index < -0.39 is 0 Å². The van der Waals surface area contributed by atoms with Crippen molar-refractivity contribution in [1.29, 1.82) is 0 Å². The molecule has 0 aliphatic heterocycles. The van der Waals surface area contributed by atoms with E-state index in [1.165, 1.54) is 0 Å². The van der Waals surface area contributed by atoms with Crippen LogP contribution in [-0.4, -0.2) is 18.3 Å². The first-order valence-corrected chi connectivity index (χ1v) is 5.45. The fourth-order valence-electron chi connectivity index (χ4n) is 1.44. The zero-order chi connectivity index (χ0) is 12.2. The Hall–Kier alpha value is -1.28. The summed E-state index contributed by atoms with van der Waals surface area (Å²) >= 11 is 0. The average molecular weight is 220 g/mol. The normalized spacial score (nSPS) is 11.2. The van der Waals surface area contributed by atoms with Gasteiger partial charge in [0, 0.05) is 11.0 Å². The molecule has 0 atom stereocenters. The fourth-order valence-corrected chi connectivity index (χ4v) is 1.44. The third kappa shape index (κ3) is 3.11. The Labute approximate surface area is 97.6 Å². The lowest BCUT2D eigenvalue weighted by Crippen LogP contribution is -2.23. The first-order valence-electron chi connectivity index (χ1n) is 5.45. The molecule has 0 amide bonds. The van der Waals surface area contributed by atoms with Gasteiger partial charge < -0.3 is 9.84 Å². The summed E-state index contributed by atoms with van der Waals surface area (Å²) in [6, 6.07) is 7.81. The van der Waals surface area contributed by atoms with Gasteiger partial charge in [0.2, 0.25) is 0 Å². The third-order valence-corrected chi connectivity index (χ3v) is 2.49. The number of ether oxygens (including phenoxy) is 1. The third-order valence-electron chi connectivity index (χ3n) is 2.49. The molecule has 0 unspecified atom stereocenters. The number of aliphatic hydroxyl groups excluding tert-OH is 1. The standard InChI is InChI=1S/C14H20O2/c1-11(2)9-16-13-8-6-5-7-12(13)14(3,4)10-15/h5-8,15H,1,9-10H2,2-4H3. The van der Waals surface area contributed by atoms with Gasteiger partial charge in [-0.2, -0.15) is 0 Å². The van der Waals surface area contributed by atoms with E-state index in [4.69, 9.17) is 4.74 Å². The van der Waals surface area contributed by atoms with Crippen LogP contribution in [0.4, 0.5) is 0 Å². The molecule has 0 heterocycles. The van der Waals surface area contributed by atoms with Crippen molar-refractivity contribution in [2.45, 2.75) is 26.2 Å². The Morgan fingerprint density at radius 1 is 1.38 bits per heavy atom. The zero-order valence-corrected chi connectivity index (χ0v) is 10.3. The second-order valence-electron chi connectivity index (χ2n) is 4.78. The van der Waals surface area contributed by atoms with Crippen molar-refractivity contribution in [2.24, 2.45) is 0 Å². The molecule has 0 bridgehead atoms. The Kier molecular flexibility index (Phi) is 4.13. The van der Waals surface area contributed by atoms with Crippen LogP contribution in [0.5, 0.6) is 5.75 Å². The fraction of sp³-hybridized carbons (Fsp3) is 0.429. The molecule has 16 heavy (non-hydrogen) atoms. The maximum atomic E-state index is 9.38. The van der Waals surface area contributed by atoms with E-state index in [0.29, 0.717) is 6.61 Å². The number of hydrogen-bond donors (Lipinski definition) is 1. The predicted octanol–water partition coefficient (Wildman–Crippen LogP) is 2.91. The summed E-state index contributed by atoms with van der Waals surface area (Å²) in [5, 5.41) is 9.38. The zero-order valence-electron chi connectivity index (χ0n) is 10.3. The molecule has 1 N–H and O–H groups in total. The molecule has 2 heteroatoms. The largest absolute Gasteiger partial charge is 0.489 e. The first-order chi connectivity index (χ1) is 7.47. The second kappa shape index (κ2) is 5.17. The highest BCUT2D eigenvalue weighted by Crippen LogP contribution is 2.31. The number of aliphatic hydroxyl groups is 1. The van der Waals surface area contributed by atoms with Crippen molar-refractivity contribution in [3.05, 3.63) is 42.0 Å². The minimum atomic E-state index is -0.286. The van der Waals surface area contributed by atoms with Crippen LogP contribution < -0.4 is 4.74 Å². The molecule has 0 aromatic heterocycles. The van der Waals surface area contributed by atoms with E-state index in [1.807, 2.05) is 45.0 Å². The van der Waals surface area contributed by atoms with Crippen molar-refractivity contribution in [1.82, 2.24) is 0 Å². The van der Waals surface area contributed by atoms with Crippen LogP contribution in [0.2, 0.25) is 0 Å². The number of rotatable bonds is 5. The Morgan fingerprint density at radius 3 is 2.56 bits per heavy atom. The highest BCUT2D eigenvalue weighted by Gasteiger charge is 2.23. The molecule has 1 aromatic rings. The van der Waals surface area contributed by atoms with Crippen molar-refractivity contribution < 1.29 is 9.84 Å². The van der Waals surface area contributed by atoms with E-state index in [2.05, 4.69) is 6.58 Å². The molecule has 0 saturated heterocycles. The molecule has 1 rings (SSSR count). The van der Waals surface area contributed by atoms with Crippen LogP contribution in [-0.2, 0) is 5.41 Å². The lowest BCUT2D eigenvalue weighted by molar-refractivity contribution is 0.213. The van der Waals surface area contributed by atoms with E-state index in [0.717, 1.165) is 16.9 Å². The van der Waals surface area contributed by atoms with E-state index in [1.54, 1.807) is 0 Å². The van der Waals surface area contributed by atoms with Crippen molar-refractivity contribution in [2.75, 3.05) is 13.2 Å². The van der Waals surface area contributed by atoms with Gasteiger partial charge in [-0.3, -0.25) is 0 Å². The van der Waals surface area contributed by atoms with Crippen molar-refractivity contribution in [3.63, 3.8) is 0 Å². The second-order valence-corrected chi connectivity index (χ2v) is 4.78. The Bertz CT molecular complexity index is 367. The van der Waals surface area contributed by atoms with Crippen LogP contribution in [0.15, 0.2) is 36.4 Å². The smallest absolute Gasteiger partial charge is 0.123 e. The molecule has 0 aliphatic carbocycles. The molecule has 0 radical (unpaired) electrons. The summed E-state index contributed by atoms with van der Waals surface area (Å²) in [7, 11) is 0. The summed E-state index contributed by atoms with van der Waals surface area (Å²) < 4.78 is 5.68. The van der Waals surface area contributed by atoms with E-state index in [9.17, 15) is 5.11 Å². The van der Waals surface area contributed by atoms with Gasteiger partial charge in [-0.05, 0) is 18.6 Å². The van der Waals surface area contributed by atoms with Gasteiger partial charge >= 0.3 is 0 Å². The minimum Gasteiger partial charge on any atom is -0.489 e. The van der Waals surface area contributed by atoms with Crippen LogP contribution in [0.3, 0.4) is 0 Å². The number of hydrogen-bond acceptors (Lipinski definition) is 2. The van der Waals surface area contributed by atoms with Crippen LogP contribution >= 0.6 is 0 Å². The summed E-state index contributed by atoms with van der Waals surface area (Å²) in [6.45, 7) is 10.3. The maximum absolute atomic E-state index is 9.38. The monoisotopic (exact) mass is 220 g/mol. The number of para-hydroxylation sites is 1. The molecular weight excluding hydrogens is 200 g/mol. The maximum Gasteiger partial charge on any atom is 0.123 e. The highest BCUT2D eigenvalue weighted by atomic mass is 16.5. The molecule has 88 valence electrons. The van der Waals surface area contributed by atoms with Gasteiger partial charge in [0.05, 0.1) is 6.61 Å². The lowest BCUT2D eigenvalue weighted by Gasteiger charge is -2.25. The summed E-state index contributed by atoms with van der Waals surface area (Å²) in [5.41, 5.74) is 1.72. The quantitative estimate of drug-likeness (QED) is 0.773. The van der Waals surface area contributed by atoms with Gasteiger partial charge in [-0.25, -0.2) is 0 Å². The molecule has 0 spiro atoms.